The van der Waals surface area contributed by atoms with Crippen LogP contribution in [0.1, 0.15) is 27.3 Å². The first-order valence-electron chi connectivity index (χ1n) is 9.33. The summed E-state index contributed by atoms with van der Waals surface area (Å²) in [6.07, 6.45) is 1.68. The van der Waals surface area contributed by atoms with E-state index in [-0.39, 0.29) is 5.91 Å². The van der Waals surface area contributed by atoms with Crippen molar-refractivity contribution >= 4 is 34.9 Å². The molecule has 0 radical (unpaired) electrons. The van der Waals surface area contributed by atoms with Crippen LogP contribution in [0.3, 0.4) is 0 Å². The van der Waals surface area contributed by atoms with Gasteiger partial charge in [-0.3, -0.25) is 9.48 Å². The van der Waals surface area contributed by atoms with Crippen LogP contribution in [-0.2, 0) is 6.54 Å². The van der Waals surface area contributed by atoms with Gasteiger partial charge in [0.25, 0.3) is 5.91 Å². The van der Waals surface area contributed by atoms with Crippen molar-refractivity contribution in [2.75, 3.05) is 5.32 Å². The second kappa shape index (κ2) is 8.34. The molecule has 0 saturated heterocycles. The topological polar surface area (TPSA) is 64.7 Å². The van der Waals surface area contributed by atoms with Gasteiger partial charge in [-0.2, -0.15) is 10.2 Å². The van der Waals surface area contributed by atoms with Gasteiger partial charge in [0, 0.05) is 11.2 Å². The molecule has 4 rings (SSSR count). The molecule has 0 saturated carbocycles. The number of benzene rings is 2. The van der Waals surface area contributed by atoms with Gasteiger partial charge in [0.05, 0.1) is 29.2 Å². The maximum absolute atomic E-state index is 13.0. The van der Waals surface area contributed by atoms with Crippen molar-refractivity contribution in [3.63, 3.8) is 0 Å². The lowest BCUT2D eigenvalue weighted by Crippen LogP contribution is -2.15. The summed E-state index contributed by atoms with van der Waals surface area (Å²) in [6, 6.07) is 17.2. The molecule has 30 heavy (non-hydrogen) atoms. The zero-order chi connectivity index (χ0) is 21.3. The van der Waals surface area contributed by atoms with E-state index in [1.165, 1.54) is 0 Å². The molecule has 1 N–H and O–H groups in total. The highest BCUT2D eigenvalue weighted by atomic mass is 35.5. The number of nitrogens with zero attached hydrogens (tertiary/aromatic N) is 4. The summed E-state index contributed by atoms with van der Waals surface area (Å²) in [6.45, 7) is 4.18. The van der Waals surface area contributed by atoms with Gasteiger partial charge in [-0.1, -0.05) is 53.5 Å². The summed E-state index contributed by atoms with van der Waals surface area (Å²) in [5.41, 5.74) is 3.79. The zero-order valence-corrected chi connectivity index (χ0v) is 17.9. The molecule has 0 unspecified atom stereocenters. The molecule has 152 valence electrons. The van der Waals surface area contributed by atoms with Crippen molar-refractivity contribution in [2.24, 2.45) is 0 Å². The summed E-state index contributed by atoms with van der Waals surface area (Å²) in [5.74, 6) is 0.00714. The maximum atomic E-state index is 13.0. The van der Waals surface area contributed by atoms with Crippen LogP contribution in [-0.4, -0.2) is 25.5 Å². The summed E-state index contributed by atoms with van der Waals surface area (Å²) >= 11 is 12.2. The van der Waals surface area contributed by atoms with Crippen LogP contribution in [0.15, 0.2) is 60.8 Å². The van der Waals surface area contributed by atoms with E-state index in [0.29, 0.717) is 33.7 Å². The third-order valence-corrected chi connectivity index (χ3v) is 5.25. The van der Waals surface area contributed by atoms with E-state index in [2.05, 4.69) is 15.5 Å². The van der Waals surface area contributed by atoms with Crippen LogP contribution < -0.4 is 5.32 Å². The lowest BCUT2D eigenvalue weighted by atomic mass is 10.2. The predicted octanol–water partition coefficient (Wildman–Crippen LogP) is 5.29. The number of amides is 1. The van der Waals surface area contributed by atoms with Crippen LogP contribution >= 0.6 is 23.2 Å². The Labute approximate surface area is 184 Å². The molecule has 2 aromatic carbocycles. The quantitative estimate of drug-likeness (QED) is 0.459. The number of anilines is 1. The summed E-state index contributed by atoms with van der Waals surface area (Å²) < 4.78 is 3.43. The fourth-order valence-corrected chi connectivity index (χ4v) is 3.63. The Balaban J connectivity index is 1.55. The van der Waals surface area contributed by atoms with Crippen molar-refractivity contribution in [1.29, 1.82) is 0 Å². The van der Waals surface area contributed by atoms with E-state index >= 15 is 0 Å². The number of halogens is 2. The normalized spacial score (nSPS) is 10.9. The minimum Gasteiger partial charge on any atom is -0.304 e. The Hall–Kier alpha value is -3.09. The third-order valence-electron chi connectivity index (χ3n) is 4.73. The Morgan fingerprint density at radius 1 is 1.00 bits per heavy atom. The Morgan fingerprint density at radius 3 is 2.40 bits per heavy atom. The highest BCUT2D eigenvalue weighted by Crippen LogP contribution is 2.23. The molecule has 0 fully saturated rings. The molecule has 0 bridgehead atoms. The van der Waals surface area contributed by atoms with E-state index in [1.54, 1.807) is 15.6 Å². The number of rotatable bonds is 5. The van der Waals surface area contributed by atoms with Gasteiger partial charge in [0.15, 0.2) is 5.82 Å². The predicted molar refractivity (Wildman–Crippen MR) is 119 cm³/mol. The van der Waals surface area contributed by atoms with Crippen molar-refractivity contribution < 1.29 is 4.79 Å². The molecule has 1 amide bonds. The van der Waals surface area contributed by atoms with E-state index in [4.69, 9.17) is 23.2 Å². The number of carbonyl (C=O) groups is 1. The molecule has 4 aromatic rings. The molecule has 8 heteroatoms. The Morgan fingerprint density at radius 2 is 1.70 bits per heavy atom. The number of hydrogen-bond donors (Lipinski definition) is 1. The number of aryl methyl sites for hydroxylation is 1. The molecule has 0 aliphatic carbocycles. The first kappa shape index (κ1) is 20.2. The molecule has 2 heterocycles. The van der Waals surface area contributed by atoms with Gasteiger partial charge in [-0.15, -0.1) is 0 Å². The van der Waals surface area contributed by atoms with Crippen molar-refractivity contribution in [3.8, 4) is 5.69 Å². The van der Waals surface area contributed by atoms with Gasteiger partial charge < -0.3 is 5.32 Å². The number of carbonyl (C=O) groups excluding carboxylic acids is 1. The van der Waals surface area contributed by atoms with Crippen molar-refractivity contribution in [2.45, 2.75) is 20.4 Å². The first-order chi connectivity index (χ1) is 14.4. The molecule has 0 aliphatic heterocycles. The molecular formula is C22H19Cl2N5O. The van der Waals surface area contributed by atoms with Crippen LogP contribution in [0.25, 0.3) is 5.69 Å². The standard InChI is InChI=1S/C22H19Cl2N5O/c1-14-20(15(2)29(26-14)18-6-4-3-5-7-18)22(30)25-21-19(24)13-28(27-21)12-16-8-10-17(23)11-9-16/h3-11,13H,12H2,1-2H3,(H,25,27,30). The van der Waals surface area contributed by atoms with Gasteiger partial charge in [0.2, 0.25) is 0 Å². The highest BCUT2D eigenvalue weighted by molar-refractivity contribution is 6.33. The van der Waals surface area contributed by atoms with Gasteiger partial charge in [0.1, 0.15) is 5.02 Å². The van der Waals surface area contributed by atoms with Gasteiger partial charge >= 0.3 is 0 Å². The maximum Gasteiger partial charge on any atom is 0.260 e. The van der Waals surface area contributed by atoms with Crippen LogP contribution in [0, 0.1) is 13.8 Å². The lowest BCUT2D eigenvalue weighted by Gasteiger charge is -2.06. The van der Waals surface area contributed by atoms with Crippen molar-refractivity contribution in [1.82, 2.24) is 19.6 Å². The second-order valence-corrected chi connectivity index (χ2v) is 7.74. The zero-order valence-electron chi connectivity index (χ0n) is 16.4. The molecular weight excluding hydrogens is 421 g/mol. The largest absolute Gasteiger partial charge is 0.304 e. The Bertz CT molecular complexity index is 1200. The number of aromatic nitrogens is 4. The molecule has 0 atom stereocenters. The number of nitrogens with one attached hydrogen (secondary N) is 1. The average molecular weight is 440 g/mol. The molecule has 2 aromatic heterocycles. The van der Waals surface area contributed by atoms with E-state index in [0.717, 1.165) is 16.9 Å². The fourth-order valence-electron chi connectivity index (χ4n) is 3.30. The minimum absolute atomic E-state index is 0.300. The average Bonchev–Trinajstić information content (AvgIpc) is 3.22. The highest BCUT2D eigenvalue weighted by Gasteiger charge is 2.21. The van der Waals surface area contributed by atoms with Gasteiger partial charge in [-0.25, -0.2) is 4.68 Å². The Kier molecular flexibility index (Phi) is 5.61. The van der Waals surface area contributed by atoms with E-state index in [9.17, 15) is 4.79 Å². The van der Waals surface area contributed by atoms with Crippen molar-refractivity contribution in [3.05, 3.63) is 93.4 Å². The first-order valence-corrected chi connectivity index (χ1v) is 10.1. The molecule has 0 spiro atoms. The van der Waals surface area contributed by atoms with Crippen LogP contribution in [0.5, 0.6) is 0 Å². The van der Waals surface area contributed by atoms with Gasteiger partial charge in [-0.05, 0) is 43.7 Å². The third kappa shape index (κ3) is 4.10. The summed E-state index contributed by atoms with van der Waals surface area (Å²) in [5, 5.41) is 12.8. The number of para-hydroxylation sites is 1. The van der Waals surface area contributed by atoms with E-state index in [1.807, 2.05) is 68.4 Å². The van der Waals surface area contributed by atoms with E-state index < -0.39 is 0 Å². The minimum atomic E-state index is -0.300. The SMILES string of the molecule is Cc1nn(-c2ccccc2)c(C)c1C(=O)Nc1nn(Cc2ccc(Cl)cc2)cc1Cl. The van der Waals surface area contributed by atoms with Crippen LogP contribution in [0.2, 0.25) is 10.0 Å². The smallest absolute Gasteiger partial charge is 0.260 e. The second-order valence-electron chi connectivity index (χ2n) is 6.90. The number of hydrogen-bond acceptors (Lipinski definition) is 3. The monoisotopic (exact) mass is 439 g/mol. The molecule has 0 aliphatic rings. The lowest BCUT2D eigenvalue weighted by molar-refractivity contribution is 0.102. The summed E-state index contributed by atoms with van der Waals surface area (Å²) in [4.78, 5) is 13.0. The summed E-state index contributed by atoms with van der Waals surface area (Å²) in [7, 11) is 0. The fraction of sp³-hybridized carbons (Fsp3) is 0.136. The van der Waals surface area contributed by atoms with Crippen LogP contribution in [0.4, 0.5) is 5.82 Å². The molecule has 6 nitrogen and oxygen atoms in total.